The van der Waals surface area contributed by atoms with Gasteiger partial charge < -0.3 is 10.2 Å². The van der Waals surface area contributed by atoms with E-state index in [2.05, 4.69) is 5.32 Å². The van der Waals surface area contributed by atoms with Gasteiger partial charge in [-0.15, -0.1) is 0 Å². The van der Waals surface area contributed by atoms with E-state index in [1.807, 2.05) is 6.92 Å². The zero-order chi connectivity index (χ0) is 15.6. The molecule has 2 amide bonds. The first-order valence-electron chi connectivity index (χ1n) is 7.00. The highest BCUT2D eigenvalue weighted by atomic mass is 19.1. The second-order valence-corrected chi connectivity index (χ2v) is 5.20. The number of carbonyl (C=O) groups excluding carboxylic acids is 2. The van der Waals surface area contributed by atoms with Gasteiger partial charge in [0, 0.05) is 19.0 Å². The molecule has 4 nitrogen and oxygen atoms in total. The second-order valence-electron chi connectivity index (χ2n) is 5.20. The van der Waals surface area contributed by atoms with Crippen molar-refractivity contribution in [3.8, 4) is 0 Å². The number of halogens is 2. The fraction of sp³-hybridized carbons (Fsp3) is 0.467. The van der Waals surface area contributed by atoms with Gasteiger partial charge in [-0.05, 0) is 25.0 Å². The SMILES string of the molecule is CCCC1NC(=O)CCN(c2cc(F)c(C)cc2F)C1=O. The first-order chi connectivity index (χ1) is 9.93. The maximum atomic E-state index is 14.1. The van der Waals surface area contributed by atoms with Gasteiger partial charge in [0.1, 0.15) is 17.7 Å². The van der Waals surface area contributed by atoms with Crippen LogP contribution in [0.4, 0.5) is 14.5 Å². The molecule has 1 N–H and O–H groups in total. The minimum Gasteiger partial charge on any atom is -0.344 e. The number of nitrogens with one attached hydrogen (secondary N) is 1. The summed E-state index contributed by atoms with van der Waals surface area (Å²) in [5.74, 6) is -1.89. The summed E-state index contributed by atoms with van der Waals surface area (Å²) in [6, 6.07) is 1.39. The number of hydrogen-bond donors (Lipinski definition) is 1. The van der Waals surface area contributed by atoms with Crippen molar-refractivity contribution in [3.63, 3.8) is 0 Å². The van der Waals surface area contributed by atoms with Crippen LogP contribution in [0.3, 0.4) is 0 Å². The zero-order valence-electron chi connectivity index (χ0n) is 12.1. The van der Waals surface area contributed by atoms with Crippen LogP contribution in [0.1, 0.15) is 31.7 Å². The number of aryl methyl sites for hydroxylation is 1. The zero-order valence-corrected chi connectivity index (χ0v) is 12.1. The highest BCUT2D eigenvalue weighted by Crippen LogP contribution is 2.25. The summed E-state index contributed by atoms with van der Waals surface area (Å²) >= 11 is 0. The fourth-order valence-corrected chi connectivity index (χ4v) is 2.41. The third-order valence-corrected chi connectivity index (χ3v) is 3.56. The minimum absolute atomic E-state index is 0.0459. The van der Waals surface area contributed by atoms with Crippen LogP contribution in [0.25, 0.3) is 0 Å². The molecule has 1 aliphatic rings. The van der Waals surface area contributed by atoms with Crippen LogP contribution in [-0.2, 0) is 9.59 Å². The van der Waals surface area contributed by atoms with E-state index in [1.165, 1.54) is 6.92 Å². The lowest BCUT2D eigenvalue weighted by Crippen LogP contribution is -2.45. The molecule has 114 valence electrons. The average Bonchev–Trinajstić information content (AvgIpc) is 2.55. The fourth-order valence-electron chi connectivity index (χ4n) is 2.41. The van der Waals surface area contributed by atoms with Gasteiger partial charge in [-0.25, -0.2) is 8.78 Å². The van der Waals surface area contributed by atoms with Crippen molar-refractivity contribution in [1.29, 1.82) is 0 Å². The van der Waals surface area contributed by atoms with Crippen LogP contribution >= 0.6 is 0 Å². The Bertz CT molecular complexity index is 575. The first kappa shape index (κ1) is 15.4. The standard InChI is InChI=1S/C15H18F2N2O2/c1-3-4-12-15(21)19(6-5-14(20)18-12)13-8-10(16)9(2)7-11(13)17/h7-8,12H,3-6H2,1-2H3,(H,18,20). The van der Waals surface area contributed by atoms with Crippen molar-refractivity contribution in [1.82, 2.24) is 5.32 Å². The average molecular weight is 296 g/mol. The topological polar surface area (TPSA) is 49.4 Å². The maximum Gasteiger partial charge on any atom is 0.249 e. The number of benzene rings is 1. The molecule has 1 fully saturated rings. The van der Waals surface area contributed by atoms with E-state index in [9.17, 15) is 18.4 Å². The monoisotopic (exact) mass is 296 g/mol. The van der Waals surface area contributed by atoms with E-state index in [0.29, 0.717) is 12.8 Å². The molecule has 1 aromatic rings. The highest BCUT2D eigenvalue weighted by molar-refractivity contribution is 6.01. The Hall–Kier alpha value is -1.98. The number of anilines is 1. The van der Waals surface area contributed by atoms with Crippen LogP contribution in [0.2, 0.25) is 0 Å². The maximum absolute atomic E-state index is 14.1. The summed E-state index contributed by atoms with van der Waals surface area (Å²) in [4.78, 5) is 25.3. The van der Waals surface area contributed by atoms with E-state index in [1.54, 1.807) is 0 Å². The highest BCUT2D eigenvalue weighted by Gasteiger charge is 2.31. The molecule has 0 bridgehead atoms. The van der Waals surface area contributed by atoms with Crippen molar-refractivity contribution < 1.29 is 18.4 Å². The van der Waals surface area contributed by atoms with Gasteiger partial charge in [-0.3, -0.25) is 9.59 Å². The summed E-state index contributed by atoms with van der Waals surface area (Å²) in [5, 5.41) is 2.63. The summed E-state index contributed by atoms with van der Waals surface area (Å²) in [6.07, 6.45) is 1.24. The van der Waals surface area contributed by atoms with E-state index in [0.717, 1.165) is 17.0 Å². The molecule has 0 aromatic heterocycles. The third kappa shape index (κ3) is 3.20. The Kier molecular flexibility index (Phi) is 4.55. The lowest BCUT2D eigenvalue weighted by molar-refractivity contribution is -0.125. The van der Waals surface area contributed by atoms with Crippen molar-refractivity contribution in [2.75, 3.05) is 11.4 Å². The summed E-state index contributed by atoms with van der Waals surface area (Å²) in [5.41, 5.74) is 0.0681. The second kappa shape index (κ2) is 6.20. The number of rotatable bonds is 3. The third-order valence-electron chi connectivity index (χ3n) is 3.56. The molecule has 1 unspecified atom stereocenters. The van der Waals surface area contributed by atoms with Gasteiger partial charge in [-0.2, -0.15) is 0 Å². The smallest absolute Gasteiger partial charge is 0.249 e. The normalized spacial score (nSPS) is 19.4. The van der Waals surface area contributed by atoms with E-state index >= 15 is 0 Å². The van der Waals surface area contributed by atoms with Crippen LogP contribution in [0.5, 0.6) is 0 Å². The summed E-state index contributed by atoms with van der Waals surface area (Å²) in [7, 11) is 0. The Morgan fingerprint density at radius 1 is 1.29 bits per heavy atom. The number of nitrogens with zero attached hydrogens (tertiary/aromatic N) is 1. The van der Waals surface area contributed by atoms with Crippen LogP contribution < -0.4 is 10.2 Å². The molecule has 21 heavy (non-hydrogen) atoms. The van der Waals surface area contributed by atoms with Crippen molar-refractivity contribution in [2.45, 2.75) is 39.2 Å². The quantitative estimate of drug-likeness (QED) is 0.930. The Labute approximate surface area is 122 Å². The van der Waals surface area contributed by atoms with Gasteiger partial charge >= 0.3 is 0 Å². The number of carbonyl (C=O) groups is 2. The molecule has 0 spiro atoms. The lowest BCUT2D eigenvalue weighted by atomic mass is 10.1. The minimum atomic E-state index is -0.686. The predicted molar refractivity (Wildman–Crippen MR) is 74.9 cm³/mol. The Balaban J connectivity index is 2.39. The van der Waals surface area contributed by atoms with Gasteiger partial charge in [0.15, 0.2) is 0 Å². The van der Waals surface area contributed by atoms with Crippen LogP contribution in [0, 0.1) is 18.6 Å². The summed E-state index contributed by atoms with van der Waals surface area (Å²) < 4.78 is 27.7. The molecule has 1 aliphatic heterocycles. The van der Waals surface area contributed by atoms with Crippen LogP contribution in [-0.4, -0.2) is 24.4 Å². The summed E-state index contributed by atoms with van der Waals surface area (Å²) in [6.45, 7) is 3.39. The van der Waals surface area contributed by atoms with Crippen molar-refractivity contribution in [2.24, 2.45) is 0 Å². The molecular formula is C15H18F2N2O2. The lowest BCUT2D eigenvalue weighted by Gasteiger charge is -2.24. The molecule has 6 heteroatoms. The van der Waals surface area contributed by atoms with Crippen LogP contribution in [0.15, 0.2) is 12.1 Å². The van der Waals surface area contributed by atoms with Crippen molar-refractivity contribution in [3.05, 3.63) is 29.3 Å². The van der Waals surface area contributed by atoms with Gasteiger partial charge in [-0.1, -0.05) is 13.3 Å². The molecule has 1 aromatic carbocycles. The largest absolute Gasteiger partial charge is 0.344 e. The van der Waals surface area contributed by atoms with Gasteiger partial charge in [0.2, 0.25) is 11.8 Å². The molecule has 0 saturated carbocycles. The van der Waals surface area contributed by atoms with Crippen molar-refractivity contribution >= 4 is 17.5 Å². The predicted octanol–water partition coefficient (Wildman–Crippen LogP) is 2.29. The number of amides is 2. The molecule has 1 heterocycles. The molecule has 0 aliphatic carbocycles. The molecular weight excluding hydrogens is 278 g/mol. The van der Waals surface area contributed by atoms with E-state index in [4.69, 9.17) is 0 Å². The molecule has 1 atom stereocenters. The molecule has 1 saturated heterocycles. The molecule has 2 rings (SSSR count). The van der Waals surface area contributed by atoms with E-state index in [-0.39, 0.29) is 30.1 Å². The molecule has 0 radical (unpaired) electrons. The Morgan fingerprint density at radius 3 is 2.67 bits per heavy atom. The Morgan fingerprint density at radius 2 is 2.00 bits per heavy atom. The first-order valence-corrected chi connectivity index (χ1v) is 7.00. The van der Waals surface area contributed by atoms with E-state index < -0.39 is 23.6 Å². The number of hydrogen-bond acceptors (Lipinski definition) is 2. The van der Waals surface area contributed by atoms with Gasteiger partial charge in [0.25, 0.3) is 0 Å². The van der Waals surface area contributed by atoms with Gasteiger partial charge in [0.05, 0.1) is 5.69 Å².